The number of benzene rings is 1. The zero-order valence-corrected chi connectivity index (χ0v) is 7.13. The van der Waals surface area contributed by atoms with Crippen LogP contribution in [0, 0.1) is 6.20 Å². The largest absolute Gasteiger partial charge is 0.398 e. The van der Waals surface area contributed by atoms with Crippen LogP contribution in [0.25, 0.3) is 6.08 Å². The first kappa shape index (κ1) is 8.02. The standard InChI is InChI=1S/C10H10FN2/c11-4-6-13-5-3-8-7-9(12)1-2-10(8)13/h1-3,7H,4,6,12H2/q+1. The molecular formula is C10H10FN2+. The van der Waals surface area contributed by atoms with Gasteiger partial charge in [0.1, 0.15) is 19.0 Å². The van der Waals surface area contributed by atoms with Gasteiger partial charge in [-0.25, -0.2) is 4.39 Å². The van der Waals surface area contributed by atoms with E-state index in [9.17, 15) is 4.39 Å². The van der Waals surface area contributed by atoms with Crippen LogP contribution in [0.4, 0.5) is 15.8 Å². The van der Waals surface area contributed by atoms with Crippen LogP contribution in [0.15, 0.2) is 18.2 Å². The number of alkyl halides is 1. The first-order valence-corrected chi connectivity index (χ1v) is 4.13. The van der Waals surface area contributed by atoms with Gasteiger partial charge in [0.2, 0.25) is 5.69 Å². The molecular weight excluding hydrogens is 167 g/mol. The Bertz CT molecular complexity index is 347. The lowest BCUT2D eigenvalue weighted by molar-refractivity contribution is 0.500. The van der Waals surface area contributed by atoms with Gasteiger partial charge in [0.15, 0.2) is 5.56 Å². The number of nitrogen functional groups attached to an aromatic ring is 1. The fourth-order valence-corrected chi connectivity index (χ4v) is 1.42. The average Bonchev–Trinajstić information content (AvgIpc) is 2.49. The highest BCUT2D eigenvalue weighted by Gasteiger charge is 2.24. The van der Waals surface area contributed by atoms with Crippen molar-refractivity contribution >= 4 is 17.5 Å². The van der Waals surface area contributed by atoms with E-state index >= 15 is 0 Å². The summed E-state index contributed by atoms with van der Waals surface area (Å²) in [5.41, 5.74) is 8.32. The van der Waals surface area contributed by atoms with Crippen molar-refractivity contribution in [2.75, 3.05) is 23.9 Å². The molecule has 2 nitrogen and oxygen atoms in total. The summed E-state index contributed by atoms with van der Waals surface area (Å²) in [6, 6.07) is 5.56. The Kier molecular flexibility index (Phi) is 1.87. The third-order valence-electron chi connectivity index (χ3n) is 2.03. The molecule has 0 radical (unpaired) electrons. The summed E-state index contributed by atoms with van der Waals surface area (Å²) in [7, 11) is 0. The molecule has 0 spiro atoms. The molecule has 0 aliphatic carbocycles. The third kappa shape index (κ3) is 1.34. The summed E-state index contributed by atoms with van der Waals surface area (Å²) in [6.45, 7) is -0.0158. The van der Waals surface area contributed by atoms with Gasteiger partial charge in [-0.2, -0.15) is 4.90 Å². The quantitative estimate of drug-likeness (QED) is 0.551. The van der Waals surface area contributed by atoms with Crippen molar-refractivity contribution in [2.24, 2.45) is 0 Å². The van der Waals surface area contributed by atoms with E-state index in [-0.39, 0.29) is 6.67 Å². The highest BCUT2D eigenvalue weighted by Crippen LogP contribution is 2.29. The Balaban J connectivity index is 2.32. The number of anilines is 2. The molecule has 0 aromatic heterocycles. The van der Waals surface area contributed by atoms with Crippen molar-refractivity contribution in [3.63, 3.8) is 0 Å². The van der Waals surface area contributed by atoms with Crippen molar-refractivity contribution in [1.29, 1.82) is 0 Å². The summed E-state index contributed by atoms with van der Waals surface area (Å²) in [5.74, 6) is 0. The number of rotatable bonds is 2. The first-order valence-electron chi connectivity index (χ1n) is 4.13. The van der Waals surface area contributed by atoms with E-state index < -0.39 is 0 Å². The minimum atomic E-state index is -0.370. The molecule has 1 aromatic rings. The summed E-state index contributed by atoms with van der Waals surface area (Å²) in [4.78, 5) is 1.76. The van der Waals surface area contributed by atoms with Gasteiger partial charge < -0.3 is 5.73 Å². The Labute approximate surface area is 76.5 Å². The SMILES string of the molecule is Nc1ccc2c(c1)C=[C+]N2CCF. The molecule has 0 saturated heterocycles. The average molecular weight is 177 g/mol. The fraction of sp³-hybridized carbons (Fsp3) is 0.200. The lowest BCUT2D eigenvalue weighted by atomic mass is 10.2. The fourth-order valence-electron chi connectivity index (χ4n) is 1.42. The summed E-state index contributed by atoms with van der Waals surface area (Å²) in [5, 5.41) is 0. The number of hydrogen-bond acceptors (Lipinski definition) is 2. The van der Waals surface area contributed by atoms with E-state index in [1.165, 1.54) is 0 Å². The zero-order valence-electron chi connectivity index (χ0n) is 7.13. The molecule has 1 heterocycles. The molecule has 66 valence electrons. The second-order valence-corrected chi connectivity index (χ2v) is 2.93. The van der Waals surface area contributed by atoms with Crippen LogP contribution in [0.5, 0.6) is 0 Å². The molecule has 1 aliphatic rings. The number of fused-ring (bicyclic) bond motifs is 1. The molecule has 0 atom stereocenters. The van der Waals surface area contributed by atoms with Gasteiger partial charge in [-0.3, -0.25) is 0 Å². The highest BCUT2D eigenvalue weighted by molar-refractivity contribution is 5.76. The van der Waals surface area contributed by atoms with Gasteiger partial charge in [-0.05, 0) is 6.07 Å². The zero-order chi connectivity index (χ0) is 9.26. The Morgan fingerprint density at radius 3 is 3.08 bits per heavy atom. The molecule has 3 heteroatoms. The summed E-state index contributed by atoms with van der Waals surface area (Å²) in [6.07, 6.45) is 4.78. The van der Waals surface area contributed by atoms with E-state index in [2.05, 4.69) is 6.20 Å². The van der Waals surface area contributed by atoms with Crippen molar-refractivity contribution in [3.8, 4) is 0 Å². The minimum absolute atomic E-state index is 0.355. The maximum Gasteiger partial charge on any atom is 0.201 e. The molecule has 13 heavy (non-hydrogen) atoms. The monoisotopic (exact) mass is 177 g/mol. The minimum Gasteiger partial charge on any atom is -0.398 e. The molecule has 2 N–H and O–H groups in total. The molecule has 1 aromatic carbocycles. The predicted octanol–water partition coefficient (Wildman–Crippen LogP) is 1.83. The van der Waals surface area contributed by atoms with E-state index in [1.54, 1.807) is 4.90 Å². The number of hydrogen-bond donors (Lipinski definition) is 1. The topological polar surface area (TPSA) is 29.3 Å². The van der Waals surface area contributed by atoms with Crippen LogP contribution in [-0.2, 0) is 0 Å². The lowest BCUT2D eigenvalue weighted by Gasteiger charge is -2.04. The second kappa shape index (κ2) is 3.04. The van der Waals surface area contributed by atoms with E-state index in [0.29, 0.717) is 6.54 Å². The maximum atomic E-state index is 12.1. The Morgan fingerprint density at radius 1 is 1.46 bits per heavy atom. The molecule has 0 unspecified atom stereocenters. The smallest absolute Gasteiger partial charge is 0.201 e. The van der Waals surface area contributed by atoms with Crippen molar-refractivity contribution in [3.05, 3.63) is 30.0 Å². The van der Waals surface area contributed by atoms with Gasteiger partial charge >= 0.3 is 0 Å². The summed E-state index contributed by atoms with van der Waals surface area (Å²) >= 11 is 0. The van der Waals surface area contributed by atoms with Gasteiger partial charge in [0.05, 0.1) is 6.54 Å². The van der Waals surface area contributed by atoms with Crippen molar-refractivity contribution in [2.45, 2.75) is 0 Å². The molecule has 0 fully saturated rings. The Hall–Kier alpha value is -1.60. The van der Waals surface area contributed by atoms with Crippen molar-refractivity contribution in [1.82, 2.24) is 0 Å². The van der Waals surface area contributed by atoms with E-state index in [0.717, 1.165) is 16.9 Å². The third-order valence-corrected chi connectivity index (χ3v) is 2.03. The summed E-state index contributed by atoms with van der Waals surface area (Å²) < 4.78 is 12.1. The predicted molar refractivity (Wildman–Crippen MR) is 51.9 cm³/mol. The van der Waals surface area contributed by atoms with E-state index in [1.807, 2.05) is 24.3 Å². The van der Waals surface area contributed by atoms with Gasteiger partial charge in [0, 0.05) is 17.8 Å². The van der Waals surface area contributed by atoms with Gasteiger partial charge in [-0.15, -0.1) is 0 Å². The van der Waals surface area contributed by atoms with Crippen molar-refractivity contribution < 1.29 is 4.39 Å². The molecule has 1 aliphatic heterocycles. The van der Waals surface area contributed by atoms with Crippen LogP contribution in [0.1, 0.15) is 5.56 Å². The number of nitrogens with two attached hydrogens (primary N) is 1. The molecule has 0 amide bonds. The molecule has 2 rings (SSSR count). The van der Waals surface area contributed by atoms with Crippen LogP contribution >= 0.6 is 0 Å². The second-order valence-electron chi connectivity index (χ2n) is 2.93. The lowest BCUT2D eigenvalue weighted by Crippen LogP contribution is -2.17. The van der Waals surface area contributed by atoms with Gasteiger partial charge in [-0.1, -0.05) is 0 Å². The van der Waals surface area contributed by atoms with Gasteiger partial charge in [0.25, 0.3) is 0 Å². The number of nitrogens with zero attached hydrogens (tertiary/aromatic N) is 1. The van der Waals surface area contributed by atoms with Crippen LogP contribution in [0.2, 0.25) is 0 Å². The molecule has 0 saturated carbocycles. The van der Waals surface area contributed by atoms with E-state index in [4.69, 9.17) is 5.73 Å². The number of halogens is 1. The van der Waals surface area contributed by atoms with Crippen LogP contribution in [-0.4, -0.2) is 13.2 Å². The maximum absolute atomic E-state index is 12.1. The highest BCUT2D eigenvalue weighted by atomic mass is 19.1. The Morgan fingerprint density at radius 2 is 2.31 bits per heavy atom. The van der Waals surface area contributed by atoms with Crippen LogP contribution < -0.4 is 10.6 Å². The molecule has 0 bridgehead atoms. The normalized spacial score (nSPS) is 12.8. The van der Waals surface area contributed by atoms with Crippen LogP contribution in [0.3, 0.4) is 0 Å². The first-order chi connectivity index (χ1) is 6.31.